The van der Waals surface area contributed by atoms with Crippen LogP contribution in [0.15, 0.2) is 47.4 Å². The van der Waals surface area contributed by atoms with E-state index in [1.54, 1.807) is 0 Å². The van der Waals surface area contributed by atoms with E-state index >= 15 is 0 Å². The first-order valence-electron chi connectivity index (χ1n) is 5.94. The van der Waals surface area contributed by atoms with Gasteiger partial charge in [-0.15, -0.1) is 0 Å². The van der Waals surface area contributed by atoms with Crippen LogP contribution >= 0.6 is 0 Å². The van der Waals surface area contributed by atoms with Crippen molar-refractivity contribution in [2.75, 3.05) is 0 Å². The molecule has 0 amide bonds. The van der Waals surface area contributed by atoms with Gasteiger partial charge in [0, 0.05) is 0 Å². The van der Waals surface area contributed by atoms with Gasteiger partial charge in [0.25, 0.3) is 0 Å². The lowest BCUT2D eigenvalue weighted by Crippen LogP contribution is -2.06. The molecule has 0 aromatic heterocycles. The molecule has 1 unspecified atom stereocenters. The van der Waals surface area contributed by atoms with E-state index in [4.69, 9.17) is 5.11 Å². The maximum Gasteiger partial charge on any atom is 0.336 e. The zero-order chi connectivity index (χ0) is 14.7. The molecule has 0 aliphatic rings. The van der Waals surface area contributed by atoms with Crippen LogP contribution in [0.1, 0.15) is 21.5 Å². The maximum absolute atomic E-state index is 13.2. The zero-order valence-corrected chi connectivity index (χ0v) is 11.6. The maximum atomic E-state index is 13.2. The van der Waals surface area contributed by atoms with Gasteiger partial charge in [-0.2, -0.15) is 0 Å². The lowest BCUT2D eigenvalue weighted by molar-refractivity contribution is 0.0693. The molecule has 0 bridgehead atoms. The minimum atomic E-state index is -1.61. The molecule has 0 aliphatic heterocycles. The smallest absolute Gasteiger partial charge is 0.336 e. The standard InChI is InChI=1S/C15H13FO3S/c1-10-3-2-4-11(7-10)9-20(19)14-8-12(16)5-6-13(14)15(17)18/h2-8H,9H2,1H3,(H,17,18). The highest BCUT2D eigenvalue weighted by molar-refractivity contribution is 7.84. The third-order valence-corrected chi connectivity index (χ3v) is 4.22. The molecule has 20 heavy (non-hydrogen) atoms. The molecule has 3 nitrogen and oxygen atoms in total. The van der Waals surface area contributed by atoms with Crippen LogP contribution in [-0.2, 0) is 16.6 Å². The fourth-order valence-corrected chi connectivity index (χ4v) is 3.17. The molecule has 0 aliphatic carbocycles. The number of benzene rings is 2. The molecule has 0 heterocycles. The van der Waals surface area contributed by atoms with Gasteiger partial charge in [-0.3, -0.25) is 4.21 Å². The van der Waals surface area contributed by atoms with Gasteiger partial charge in [0.1, 0.15) is 5.82 Å². The number of aromatic carboxylic acids is 1. The van der Waals surface area contributed by atoms with Gasteiger partial charge >= 0.3 is 5.97 Å². The Kier molecular flexibility index (Phi) is 4.29. The van der Waals surface area contributed by atoms with Crippen LogP contribution in [0.4, 0.5) is 4.39 Å². The third kappa shape index (κ3) is 3.30. The molecule has 0 saturated carbocycles. The van der Waals surface area contributed by atoms with Crippen LogP contribution < -0.4 is 0 Å². The van der Waals surface area contributed by atoms with Gasteiger partial charge in [-0.25, -0.2) is 9.18 Å². The predicted octanol–water partition coefficient (Wildman–Crippen LogP) is 3.14. The van der Waals surface area contributed by atoms with Crippen molar-refractivity contribution in [1.29, 1.82) is 0 Å². The van der Waals surface area contributed by atoms with Crippen LogP contribution in [0.3, 0.4) is 0 Å². The monoisotopic (exact) mass is 292 g/mol. The molecule has 5 heteroatoms. The van der Waals surface area contributed by atoms with E-state index in [2.05, 4.69) is 0 Å². The largest absolute Gasteiger partial charge is 0.478 e. The fraction of sp³-hybridized carbons (Fsp3) is 0.133. The first-order chi connectivity index (χ1) is 9.47. The molecular formula is C15H13FO3S. The summed E-state index contributed by atoms with van der Waals surface area (Å²) in [6, 6.07) is 10.7. The van der Waals surface area contributed by atoms with Crippen molar-refractivity contribution >= 4 is 16.8 Å². The van der Waals surface area contributed by atoms with Gasteiger partial charge in [-0.1, -0.05) is 29.8 Å². The molecule has 1 atom stereocenters. The number of carbonyl (C=O) groups is 1. The Bertz CT molecular complexity index is 683. The van der Waals surface area contributed by atoms with E-state index in [9.17, 15) is 13.4 Å². The Morgan fingerprint density at radius 1 is 1.25 bits per heavy atom. The molecule has 1 N–H and O–H groups in total. The van der Waals surface area contributed by atoms with Crippen LogP contribution in [0, 0.1) is 12.7 Å². The molecule has 0 spiro atoms. The van der Waals surface area contributed by atoms with Crippen molar-refractivity contribution in [3.8, 4) is 0 Å². The summed E-state index contributed by atoms with van der Waals surface area (Å²) in [7, 11) is -1.61. The normalized spacial score (nSPS) is 12.1. The fourth-order valence-electron chi connectivity index (χ4n) is 1.89. The van der Waals surface area contributed by atoms with Gasteiger partial charge in [0.2, 0.25) is 0 Å². The zero-order valence-electron chi connectivity index (χ0n) is 10.8. The topological polar surface area (TPSA) is 54.4 Å². The highest BCUT2D eigenvalue weighted by Gasteiger charge is 2.16. The summed E-state index contributed by atoms with van der Waals surface area (Å²) < 4.78 is 25.5. The number of carboxylic acids is 1. The summed E-state index contributed by atoms with van der Waals surface area (Å²) >= 11 is 0. The van der Waals surface area contributed by atoms with Gasteiger partial charge in [0.15, 0.2) is 0 Å². The number of carboxylic acid groups (broad SMARTS) is 1. The lowest BCUT2D eigenvalue weighted by Gasteiger charge is -2.07. The average molecular weight is 292 g/mol. The predicted molar refractivity (Wildman–Crippen MR) is 74.7 cm³/mol. The molecule has 2 aromatic carbocycles. The second-order valence-electron chi connectivity index (χ2n) is 4.42. The van der Waals surface area contributed by atoms with Crippen LogP contribution in [0.2, 0.25) is 0 Å². The molecule has 0 fully saturated rings. The molecule has 0 radical (unpaired) electrons. The van der Waals surface area contributed by atoms with Crippen molar-refractivity contribution in [2.24, 2.45) is 0 Å². The summed E-state index contributed by atoms with van der Waals surface area (Å²) in [5, 5.41) is 9.06. The van der Waals surface area contributed by atoms with E-state index in [-0.39, 0.29) is 16.2 Å². The molecule has 2 aromatic rings. The van der Waals surface area contributed by atoms with E-state index in [0.29, 0.717) is 0 Å². The molecular weight excluding hydrogens is 279 g/mol. The van der Waals surface area contributed by atoms with Crippen molar-refractivity contribution < 1.29 is 18.5 Å². The molecule has 104 valence electrons. The number of rotatable bonds is 4. The molecule has 0 saturated heterocycles. The summed E-state index contributed by atoms with van der Waals surface area (Å²) in [5.74, 6) is -1.65. The minimum Gasteiger partial charge on any atom is -0.478 e. The summed E-state index contributed by atoms with van der Waals surface area (Å²) in [4.78, 5) is 11.1. The van der Waals surface area contributed by atoms with Crippen LogP contribution in [-0.4, -0.2) is 15.3 Å². The molecule has 2 rings (SSSR count). The first-order valence-corrected chi connectivity index (χ1v) is 7.26. The summed E-state index contributed by atoms with van der Waals surface area (Å²) in [6.45, 7) is 1.91. The average Bonchev–Trinajstić information content (AvgIpc) is 2.38. The highest BCUT2D eigenvalue weighted by atomic mass is 32.2. The Hall–Kier alpha value is -2.01. The summed E-state index contributed by atoms with van der Waals surface area (Å²) in [6.07, 6.45) is 0. The number of aryl methyl sites for hydroxylation is 1. The van der Waals surface area contributed by atoms with Crippen molar-refractivity contribution in [1.82, 2.24) is 0 Å². The van der Waals surface area contributed by atoms with Gasteiger partial charge < -0.3 is 5.11 Å². The number of halogens is 1. The van der Waals surface area contributed by atoms with Gasteiger partial charge in [0.05, 0.1) is 27.0 Å². The number of hydrogen-bond acceptors (Lipinski definition) is 2. The number of hydrogen-bond donors (Lipinski definition) is 1. The minimum absolute atomic E-state index is 0.0130. The van der Waals surface area contributed by atoms with E-state index in [1.165, 1.54) is 0 Å². The Morgan fingerprint density at radius 3 is 2.65 bits per heavy atom. The first kappa shape index (κ1) is 14.4. The van der Waals surface area contributed by atoms with E-state index in [0.717, 1.165) is 29.3 Å². The van der Waals surface area contributed by atoms with Crippen LogP contribution in [0.5, 0.6) is 0 Å². The Labute approximate surface area is 118 Å². The quantitative estimate of drug-likeness (QED) is 0.942. The van der Waals surface area contributed by atoms with Crippen molar-refractivity contribution in [3.05, 3.63) is 65.0 Å². The van der Waals surface area contributed by atoms with Crippen molar-refractivity contribution in [3.63, 3.8) is 0 Å². The Balaban J connectivity index is 2.34. The van der Waals surface area contributed by atoms with Gasteiger partial charge in [-0.05, 0) is 30.7 Å². The second kappa shape index (κ2) is 5.96. The second-order valence-corrected chi connectivity index (χ2v) is 5.84. The summed E-state index contributed by atoms with van der Waals surface area (Å²) in [5.41, 5.74) is 1.72. The third-order valence-electron chi connectivity index (χ3n) is 2.80. The lowest BCUT2D eigenvalue weighted by atomic mass is 10.2. The highest BCUT2D eigenvalue weighted by Crippen LogP contribution is 2.19. The van der Waals surface area contributed by atoms with Crippen molar-refractivity contribution in [2.45, 2.75) is 17.6 Å². The SMILES string of the molecule is Cc1cccc(CS(=O)c2cc(F)ccc2C(=O)O)c1. The van der Waals surface area contributed by atoms with E-state index in [1.807, 2.05) is 31.2 Å². The Morgan fingerprint density at radius 2 is 2.00 bits per heavy atom. The van der Waals surface area contributed by atoms with E-state index < -0.39 is 22.6 Å². The van der Waals surface area contributed by atoms with Crippen LogP contribution in [0.25, 0.3) is 0 Å².